The summed E-state index contributed by atoms with van der Waals surface area (Å²) in [4.78, 5) is 2.23. The molecular formula is C70H88N2S. The second-order valence-electron chi connectivity index (χ2n) is 17.0. The van der Waals surface area contributed by atoms with E-state index in [1.54, 1.807) is 12.2 Å². The number of aryl methyl sites for hydroxylation is 2. The third kappa shape index (κ3) is 16.9. The Balaban J connectivity index is 0.000000674. The highest BCUT2D eigenvalue weighted by atomic mass is 32.1. The second-order valence-corrected chi connectivity index (χ2v) is 17.0. The number of aromatic nitrogens is 1. The molecule has 1 aliphatic heterocycles. The first-order chi connectivity index (χ1) is 35.1. The lowest BCUT2D eigenvalue weighted by molar-refractivity contribution is 0.907. The van der Waals surface area contributed by atoms with E-state index < -0.39 is 0 Å². The molecule has 384 valence electrons. The van der Waals surface area contributed by atoms with Crippen LogP contribution in [0.3, 0.4) is 0 Å². The van der Waals surface area contributed by atoms with E-state index >= 15 is 0 Å². The maximum Gasteiger partial charge on any atom is 0.0533 e. The molecule has 0 radical (unpaired) electrons. The van der Waals surface area contributed by atoms with E-state index in [1.807, 2.05) is 73.6 Å². The molecule has 0 saturated carbocycles. The van der Waals surface area contributed by atoms with Crippen LogP contribution in [0, 0.1) is 19.8 Å². The molecule has 0 saturated heterocycles. The van der Waals surface area contributed by atoms with Crippen molar-refractivity contribution in [3.8, 4) is 5.69 Å². The van der Waals surface area contributed by atoms with Crippen LogP contribution in [0.4, 0.5) is 5.69 Å². The highest BCUT2D eigenvalue weighted by Gasteiger charge is 2.25. The fraction of sp³-hybridized carbons (Fsp3) is 0.257. The molecule has 4 aliphatic rings. The standard InChI is InChI=1S/C48H44N2.C8H10.C4H8.C4H6.3C2H6.H2S/c1-5-13-33(3)28-41(6-2)49-27-12-11-14-34(4)44-30-39(24-26-46(44)49)36-19-21-37(22-20-36)40-31-45-43-17-9-10-18-47(43)50(48(45)32-40)42-25-23-35-15-7-8-16-38(35)29-42;1-7-5-3-4-6-8(7)2;2*1-3-4-2;3*1-2;/h5-8,11-19,21,23-31,33H,2,4,9-10,20,22,32H2,1,3H3;3-6H,1-2H3;3-4H,1-2H3;3-4H,1-2H2;3*1-2H3;1H2/b13-5?,14-11-,27-12-,41-28+;;4-3-;;;;;. The van der Waals surface area contributed by atoms with Gasteiger partial charge in [0.15, 0.2) is 0 Å². The van der Waals surface area contributed by atoms with Gasteiger partial charge in [-0.05, 0) is 158 Å². The van der Waals surface area contributed by atoms with Crippen molar-refractivity contribution in [1.82, 2.24) is 4.57 Å². The zero-order valence-electron chi connectivity index (χ0n) is 46.7. The van der Waals surface area contributed by atoms with Crippen molar-refractivity contribution >= 4 is 59.3 Å². The van der Waals surface area contributed by atoms with Crippen LogP contribution < -0.4 is 15.5 Å². The molecule has 0 bridgehead atoms. The molecule has 3 heteroatoms. The molecule has 0 spiro atoms. The predicted octanol–water partition coefficient (Wildman–Crippen LogP) is 19.3. The first-order valence-corrected chi connectivity index (χ1v) is 26.5. The molecule has 2 nitrogen and oxygen atoms in total. The molecule has 0 fully saturated rings. The van der Waals surface area contributed by atoms with Gasteiger partial charge in [0.05, 0.1) is 5.69 Å². The summed E-state index contributed by atoms with van der Waals surface area (Å²) in [6.45, 7) is 39.8. The van der Waals surface area contributed by atoms with Gasteiger partial charge in [0.2, 0.25) is 0 Å². The number of hydrogen-bond acceptors (Lipinski definition) is 1. The minimum absolute atomic E-state index is 0. The number of fused-ring (bicyclic) bond motifs is 5. The summed E-state index contributed by atoms with van der Waals surface area (Å²) >= 11 is 0. The van der Waals surface area contributed by atoms with Gasteiger partial charge in [-0.1, -0.05) is 214 Å². The minimum Gasteiger partial charge on any atom is -0.317 e. The topological polar surface area (TPSA) is 8.17 Å². The number of anilines is 1. The average molecular weight is 990 g/mol. The highest BCUT2D eigenvalue weighted by molar-refractivity contribution is 7.59. The summed E-state index contributed by atoms with van der Waals surface area (Å²) in [6.07, 6.45) is 41.5. The summed E-state index contributed by atoms with van der Waals surface area (Å²) in [5, 5.41) is 5.34. The lowest BCUT2D eigenvalue weighted by Crippen LogP contribution is -2.31. The Morgan fingerprint density at radius 2 is 1.29 bits per heavy atom. The van der Waals surface area contributed by atoms with Crippen molar-refractivity contribution in [2.75, 3.05) is 4.90 Å². The van der Waals surface area contributed by atoms with Crippen molar-refractivity contribution in [3.05, 3.63) is 257 Å². The maximum atomic E-state index is 4.46. The zero-order chi connectivity index (χ0) is 53.0. The first kappa shape index (κ1) is 62.3. The molecule has 0 N–H and O–H groups in total. The number of benzene rings is 4. The first-order valence-electron chi connectivity index (χ1n) is 26.5. The molecule has 4 aromatic carbocycles. The summed E-state index contributed by atoms with van der Waals surface area (Å²) in [5.74, 6) is 0.299. The van der Waals surface area contributed by atoms with Crippen LogP contribution in [0.1, 0.15) is 128 Å². The van der Waals surface area contributed by atoms with Crippen LogP contribution >= 0.6 is 13.5 Å². The number of nitrogens with zero attached hydrogens (tertiary/aromatic N) is 2. The molecule has 9 rings (SSSR count). The van der Waals surface area contributed by atoms with Crippen LogP contribution in [0.2, 0.25) is 0 Å². The zero-order valence-corrected chi connectivity index (χ0v) is 47.7. The quantitative estimate of drug-likeness (QED) is 0.111. The SMILES string of the molecule is C/C=C\C.C=C/C(=C\C(C)C=CC)N1/C=C\C=C/C(=C)c2cc(C3=CC=C(C4=Cc5c(n(-c6ccc7ccccc7c6)c6c5=CCCC=6)C4)CC3)ccc21.C=CC=C.CC.CC.CC.Cc1ccccc1C.S. The lowest BCUT2D eigenvalue weighted by Gasteiger charge is -2.27. The van der Waals surface area contributed by atoms with Crippen LogP contribution in [0.25, 0.3) is 45.8 Å². The van der Waals surface area contributed by atoms with Crippen molar-refractivity contribution in [1.29, 1.82) is 0 Å². The predicted molar refractivity (Wildman–Crippen MR) is 337 cm³/mol. The Morgan fingerprint density at radius 3 is 1.88 bits per heavy atom. The van der Waals surface area contributed by atoms with Gasteiger partial charge in [0, 0.05) is 51.4 Å². The van der Waals surface area contributed by atoms with Gasteiger partial charge >= 0.3 is 0 Å². The van der Waals surface area contributed by atoms with Gasteiger partial charge in [-0.2, -0.15) is 13.5 Å². The van der Waals surface area contributed by atoms with E-state index in [9.17, 15) is 0 Å². The molecule has 73 heavy (non-hydrogen) atoms. The minimum atomic E-state index is 0. The van der Waals surface area contributed by atoms with Gasteiger partial charge in [-0.25, -0.2) is 0 Å². The van der Waals surface area contributed by atoms with Gasteiger partial charge in [-0.15, -0.1) is 0 Å². The summed E-state index contributed by atoms with van der Waals surface area (Å²) in [7, 11) is 0. The fourth-order valence-electron chi connectivity index (χ4n) is 8.69. The van der Waals surface area contributed by atoms with Crippen LogP contribution in [-0.2, 0) is 6.42 Å². The molecule has 5 aromatic rings. The second kappa shape index (κ2) is 33.8. The molecule has 0 amide bonds. The normalized spacial score (nSPS) is 15.0. The smallest absolute Gasteiger partial charge is 0.0533 e. The third-order valence-electron chi connectivity index (χ3n) is 12.4. The lowest BCUT2D eigenvalue weighted by atomic mass is 9.88. The average Bonchev–Trinajstić information content (AvgIpc) is 4.00. The van der Waals surface area contributed by atoms with E-state index in [0.29, 0.717) is 5.92 Å². The summed E-state index contributed by atoms with van der Waals surface area (Å²) < 4.78 is 2.53. The van der Waals surface area contributed by atoms with E-state index in [4.69, 9.17) is 0 Å². The van der Waals surface area contributed by atoms with Crippen LogP contribution in [-0.4, -0.2) is 4.57 Å². The third-order valence-corrected chi connectivity index (χ3v) is 12.4. The number of hydrogen-bond donors (Lipinski definition) is 0. The molecule has 1 atom stereocenters. The Hall–Kier alpha value is -6.81. The molecule has 3 aliphatic carbocycles. The van der Waals surface area contributed by atoms with Gasteiger partial charge in [0.1, 0.15) is 0 Å². The number of allylic oxidation sites excluding steroid dienone is 17. The highest BCUT2D eigenvalue weighted by Crippen LogP contribution is 2.39. The van der Waals surface area contributed by atoms with Crippen LogP contribution in [0.5, 0.6) is 0 Å². The largest absolute Gasteiger partial charge is 0.317 e. The van der Waals surface area contributed by atoms with E-state index in [-0.39, 0.29) is 13.5 Å². The molecule has 1 unspecified atom stereocenters. The van der Waals surface area contributed by atoms with Crippen LogP contribution in [0.15, 0.2) is 213 Å². The Morgan fingerprint density at radius 1 is 0.671 bits per heavy atom. The molecule has 1 aromatic heterocycles. The Labute approximate surface area is 450 Å². The van der Waals surface area contributed by atoms with Crippen molar-refractivity contribution in [3.63, 3.8) is 0 Å². The van der Waals surface area contributed by atoms with E-state index in [2.05, 4.69) is 221 Å². The van der Waals surface area contributed by atoms with E-state index in [1.165, 1.54) is 71.7 Å². The maximum absolute atomic E-state index is 4.46. The van der Waals surface area contributed by atoms with Crippen molar-refractivity contribution < 1.29 is 0 Å². The summed E-state index contributed by atoms with van der Waals surface area (Å²) in [6, 6.07) is 30.8. The van der Waals surface area contributed by atoms with E-state index in [0.717, 1.165) is 54.6 Å². The Kier molecular flexibility index (Phi) is 28.8. The molecular weight excluding hydrogens is 901 g/mol. The number of rotatable bonds is 8. The fourth-order valence-corrected chi connectivity index (χ4v) is 8.69. The van der Waals surface area contributed by atoms with Gasteiger partial charge in [0.25, 0.3) is 0 Å². The van der Waals surface area contributed by atoms with Crippen molar-refractivity contribution in [2.24, 2.45) is 5.92 Å². The van der Waals surface area contributed by atoms with Crippen molar-refractivity contribution in [2.45, 2.75) is 115 Å². The Bertz CT molecular complexity index is 2950. The summed E-state index contributed by atoms with van der Waals surface area (Å²) in [5.41, 5.74) is 16.7. The van der Waals surface area contributed by atoms with Gasteiger partial charge in [-0.3, -0.25) is 0 Å². The van der Waals surface area contributed by atoms with Gasteiger partial charge < -0.3 is 9.47 Å². The molecule has 2 heterocycles. The monoisotopic (exact) mass is 989 g/mol.